The fourth-order valence-corrected chi connectivity index (χ4v) is 1.31. The van der Waals surface area contributed by atoms with E-state index in [0.717, 1.165) is 0 Å². The fourth-order valence-electron chi connectivity index (χ4n) is 1.31. The van der Waals surface area contributed by atoms with Crippen molar-refractivity contribution in [2.24, 2.45) is 5.73 Å². The Morgan fingerprint density at radius 3 is 2.76 bits per heavy atom. The van der Waals surface area contributed by atoms with Crippen LogP contribution in [0.15, 0.2) is 22.9 Å². The molecule has 0 spiro atoms. The standard InChI is InChI=1S/C11H14N4O2/c1-11(2,12)10-14-9(17-15-10)7-5-4-6-13-8(7)16-3/h4-6H,12H2,1-3H3. The Bertz CT molecular complexity index is 516. The summed E-state index contributed by atoms with van der Waals surface area (Å²) >= 11 is 0. The fraction of sp³-hybridized carbons (Fsp3) is 0.364. The summed E-state index contributed by atoms with van der Waals surface area (Å²) in [5.74, 6) is 1.24. The Kier molecular flexibility index (Phi) is 2.81. The van der Waals surface area contributed by atoms with Crippen LogP contribution in [0, 0.1) is 0 Å². The number of nitrogens with two attached hydrogens (primary N) is 1. The third kappa shape index (κ3) is 2.26. The largest absolute Gasteiger partial charge is 0.480 e. The first-order chi connectivity index (χ1) is 8.02. The molecule has 0 amide bonds. The molecule has 0 saturated heterocycles. The predicted molar refractivity (Wildman–Crippen MR) is 61.3 cm³/mol. The summed E-state index contributed by atoms with van der Waals surface area (Å²) in [6.45, 7) is 3.62. The van der Waals surface area contributed by atoms with Gasteiger partial charge in [0.25, 0.3) is 5.89 Å². The molecule has 2 aromatic rings. The van der Waals surface area contributed by atoms with E-state index in [-0.39, 0.29) is 0 Å². The third-order valence-electron chi connectivity index (χ3n) is 2.20. The first kappa shape index (κ1) is 11.5. The molecule has 0 atom stereocenters. The Balaban J connectivity index is 2.44. The van der Waals surface area contributed by atoms with E-state index in [9.17, 15) is 0 Å². The lowest BCUT2D eigenvalue weighted by molar-refractivity contribution is 0.384. The molecule has 90 valence electrons. The molecule has 0 unspecified atom stereocenters. The van der Waals surface area contributed by atoms with Gasteiger partial charge in [-0.3, -0.25) is 0 Å². The lowest BCUT2D eigenvalue weighted by Gasteiger charge is -2.11. The van der Waals surface area contributed by atoms with Crippen LogP contribution in [-0.4, -0.2) is 22.2 Å². The Labute approximate surface area is 98.8 Å². The van der Waals surface area contributed by atoms with Crippen molar-refractivity contribution in [1.29, 1.82) is 0 Å². The topological polar surface area (TPSA) is 87.1 Å². The maximum absolute atomic E-state index is 5.89. The van der Waals surface area contributed by atoms with Crippen LogP contribution in [0.1, 0.15) is 19.7 Å². The van der Waals surface area contributed by atoms with Crippen molar-refractivity contribution in [3.63, 3.8) is 0 Å². The zero-order valence-electron chi connectivity index (χ0n) is 9.97. The molecular formula is C11H14N4O2. The number of hydrogen-bond donors (Lipinski definition) is 1. The van der Waals surface area contributed by atoms with Crippen LogP contribution in [0.5, 0.6) is 5.88 Å². The Morgan fingerprint density at radius 1 is 1.41 bits per heavy atom. The average Bonchev–Trinajstić information content (AvgIpc) is 2.77. The van der Waals surface area contributed by atoms with Crippen molar-refractivity contribution in [2.75, 3.05) is 7.11 Å². The minimum absolute atomic E-state index is 0.350. The number of methoxy groups -OCH3 is 1. The molecule has 2 heterocycles. The highest BCUT2D eigenvalue weighted by atomic mass is 16.5. The maximum Gasteiger partial charge on any atom is 0.263 e. The van der Waals surface area contributed by atoms with Gasteiger partial charge in [0.05, 0.1) is 12.6 Å². The molecule has 2 rings (SSSR count). The Hall–Kier alpha value is -1.95. The SMILES string of the molecule is COc1ncccc1-c1nc(C(C)(C)N)no1. The van der Waals surface area contributed by atoms with Gasteiger partial charge in [-0.25, -0.2) is 4.98 Å². The number of rotatable bonds is 3. The van der Waals surface area contributed by atoms with Crippen LogP contribution in [0.3, 0.4) is 0 Å². The molecule has 0 fully saturated rings. The molecule has 0 saturated carbocycles. The second-order valence-corrected chi connectivity index (χ2v) is 4.21. The maximum atomic E-state index is 5.89. The number of nitrogens with zero attached hydrogens (tertiary/aromatic N) is 3. The number of hydrogen-bond acceptors (Lipinski definition) is 6. The molecule has 17 heavy (non-hydrogen) atoms. The van der Waals surface area contributed by atoms with E-state index in [1.54, 1.807) is 18.3 Å². The van der Waals surface area contributed by atoms with Crippen LogP contribution < -0.4 is 10.5 Å². The number of aromatic nitrogens is 3. The van der Waals surface area contributed by atoms with Gasteiger partial charge in [-0.2, -0.15) is 4.98 Å². The highest BCUT2D eigenvalue weighted by molar-refractivity contribution is 5.59. The van der Waals surface area contributed by atoms with Crippen LogP contribution in [0.25, 0.3) is 11.5 Å². The summed E-state index contributed by atoms with van der Waals surface area (Å²) in [6, 6.07) is 3.57. The van der Waals surface area contributed by atoms with Gasteiger partial charge in [0, 0.05) is 6.20 Å². The summed E-state index contributed by atoms with van der Waals surface area (Å²) in [6.07, 6.45) is 1.63. The van der Waals surface area contributed by atoms with Crippen molar-refractivity contribution < 1.29 is 9.26 Å². The molecular weight excluding hydrogens is 220 g/mol. The predicted octanol–water partition coefficient (Wildman–Crippen LogP) is 1.33. The molecule has 0 aliphatic carbocycles. The van der Waals surface area contributed by atoms with Gasteiger partial charge < -0.3 is 15.0 Å². The molecule has 6 heteroatoms. The van der Waals surface area contributed by atoms with Gasteiger partial charge >= 0.3 is 0 Å². The lowest BCUT2D eigenvalue weighted by Crippen LogP contribution is -2.30. The average molecular weight is 234 g/mol. The van der Waals surface area contributed by atoms with Gasteiger partial charge in [-0.15, -0.1) is 0 Å². The molecule has 6 nitrogen and oxygen atoms in total. The molecule has 0 aliphatic heterocycles. The molecule has 0 radical (unpaired) electrons. The van der Waals surface area contributed by atoms with Gasteiger partial charge in [0.2, 0.25) is 5.88 Å². The molecule has 2 N–H and O–H groups in total. The minimum Gasteiger partial charge on any atom is -0.480 e. The van der Waals surface area contributed by atoms with E-state index >= 15 is 0 Å². The van der Waals surface area contributed by atoms with E-state index in [1.165, 1.54) is 7.11 Å². The monoisotopic (exact) mass is 234 g/mol. The first-order valence-corrected chi connectivity index (χ1v) is 5.15. The highest BCUT2D eigenvalue weighted by Crippen LogP contribution is 2.27. The summed E-state index contributed by atoms with van der Waals surface area (Å²) in [5, 5.41) is 3.84. The van der Waals surface area contributed by atoms with Crippen molar-refractivity contribution in [2.45, 2.75) is 19.4 Å². The number of pyridine rings is 1. The zero-order chi connectivity index (χ0) is 12.5. The third-order valence-corrected chi connectivity index (χ3v) is 2.20. The first-order valence-electron chi connectivity index (χ1n) is 5.15. The van der Waals surface area contributed by atoms with E-state index < -0.39 is 5.54 Å². The van der Waals surface area contributed by atoms with E-state index in [4.69, 9.17) is 15.0 Å². The van der Waals surface area contributed by atoms with Gasteiger partial charge in [0.15, 0.2) is 5.82 Å². The second-order valence-electron chi connectivity index (χ2n) is 4.21. The van der Waals surface area contributed by atoms with Gasteiger partial charge in [-0.05, 0) is 26.0 Å². The quantitative estimate of drug-likeness (QED) is 0.862. The molecule has 0 aromatic carbocycles. The normalized spacial score (nSPS) is 11.5. The molecule has 0 aliphatic rings. The van der Waals surface area contributed by atoms with Crippen molar-refractivity contribution in [3.05, 3.63) is 24.2 Å². The highest BCUT2D eigenvalue weighted by Gasteiger charge is 2.23. The van der Waals surface area contributed by atoms with Crippen LogP contribution in [0.2, 0.25) is 0 Å². The smallest absolute Gasteiger partial charge is 0.263 e. The molecule has 0 bridgehead atoms. The van der Waals surface area contributed by atoms with Crippen molar-refractivity contribution >= 4 is 0 Å². The zero-order valence-corrected chi connectivity index (χ0v) is 9.97. The summed E-state index contributed by atoms with van der Waals surface area (Å²) in [4.78, 5) is 8.30. The van der Waals surface area contributed by atoms with Crippen molar-refractivity contribution in [3.8, 4) is 17.3 Å². The van der Waals surface area contributed by atoms with E-state index in [0.29, 0.717) is 23.2 Å². The second kappa shape index (κ2) is 4.14. The van der Waals surface area contributed by atoms with E-state index in [2.05, 4.69) is 15.1 Å². The van der Waals surface area contributed by atoms with Crippen LogP contribution >= 0.6 is 0 Å². The van der Waals surface area contributed by atoms with Gasteiger partial charge in [-0.1, -0.05) is 5.16 Å². The lowest BCUT2D eigenvalue weighted by atomic mass is 10.1. The van der Waals surface area contributed by atoms with Crippen molar-refractivity contribution in [1.82, 2.24) is 15.1 Å². The summed E-state index contributed by atoms with van der Waals surface area (Å²) < 4.78 is 10.3. The van der Waals surface area contributed by atoms with E-state index in [1.807, 2.05) is 13.8 Å². The minimum atomic E-state index is -0.642. The van der Waals surface area contributed by atoms with Crippen LogP contribution in [0.4, 0.5) is 0 Å². The summed E-state index contributed by atoms with van der Waals surface area (Å²) in [5.41, 5.74) is 5.90. The molecule has 2 aromatic heterocycles. The van der Waals surface area contributed by atoms with Gasteiger partial charge in [0.1, 0.15) is 5.56 Å². The Morgan fingerprint density at radius 2 is 2.18 bits per heavy atom. The summed E-state index contributed by atoms with van der Waals surface area (Å²) in [7, 11) is 1.54. The van der Waals surface area contributed by atoms with Crippen LogP contribution in [-0.2, 0) is 5.54 Å². The number of ether oxygens (including phenoxy) is 1.